The Bertz CT molecular complexity index is 519. The Kier molecular flexibility index (Phi) is 6.66. The number of hydrogen-bond donors (Lipinski definition) is 2. The number of aliphatic hydroxyl groups excluding tert-OH is 1. The van der Waals surface area contributed by atoms with E-state index in [1.54, 1.807) is 0 Å². The van der Waals surface area contributed by atoms with Crippen LogP contribution in [0.15, 0.2) is 0 Å². The molecule has 0 atom stereocenters. The molecule has 0 spiro atoms. The minimum absolute atomic E-state index is 0.0913. The molecule has 0 saturated carbocycles. The molecule has 1 aliphatic rings. The molecule has 1 aromatic rings. The highest BCUT2D eigenvalue weighted by Gasteiger charge is 2.25. The normalized spacial score (nSPS) is 16.2. The maximum atomic E-state index is 9.19. The fourth-order valence-corrected chi connectivity index (χ4v) is 3.30. The zero-order valence-electron chi connectivity index (χ0n) is 15.9. The van der Waals surface area contributed by atoms with Gasteiger partial charge >= 0.3 is 0 Å². The first-order chi connectivity index (χ1) is 11.4. The van der Waals surface area contributed by atoms with Gasteiger partial charge in [0.2, 0.25) is 0 Å². The lowest BCUT2D eigenvalue weighted by molar-refractivity contribution is 0.122. The number of aliphatic hydroxyl groups is 1. The van der Waals surface area contributed by atoms with Crippen LogP contribution >= 0.6 is 0 Å². The summed E-state index contributed by atoms with van der Waals surface area (Å²) in [5.74, 6) is 1.61. The molecule has 1 aromatic heterocycles. The minimum Gasteiger partial charge on any atom is -0.396 e. The second kappa shape index (κ2) is 8.32. The lowest BCUT2D eigenvalue weighted by atomic mass is 9.89. The van der Waals surface area contributed by atoms with Crippen molar-refractivity contribution >= 4 is 5.82 Å². The molecule has 0 aliphatic carbocycles. The van der Waals surface area contributed by atoms with Crippen molar-refractivity contribution in [3.63, 3.8) is 0 Å². The first kappa shape index (κ1) is 19.2. The van der Waals surface area contributed by atoms with Crippen LogP contribution < -0.4 is 10.2 Å². The fraction of sp³-hybridized carbons (Fsp3) is 0.833. The predicted molar refractivity (Wildman–Crippen MR) is 97.5 cm³/mol. The number of hydrogen-bond acceptors (Lipinski definition) is 5. The number of nitrogens with zero attached hydrogens (tertiary/aromatic N) is 3. The number of nitrogens with one attached hydrogen (secondary N) is 1. The Morgan fingerprint density at radius 2 is 1.96 bits per heavy atom. The zero-order valence-corrected chi connectivity index (χ0v) is 15.9. The van der Waals surface area contributed by atoms with E-state index in [9.17, 15) is 5.11 Å². The van der Waals surface area contributed by atoms with Gasteiger partial charge < -0.3 is 20.1 Å². The average Bonchev–Trinajstić information content (AvgIpc) is 2.85. The van der Waals surface area contributed by atoms with Gasteiger partial charge in [0.05, 0.1) is 18.9 Å². The summed E-state index contributed by atoms with van der Waals surface area (Å²) in [6.07, 6.45) is 0.806. The topological polar surface area (TPSA) is 62.5 Å². The van der Waals surface area contributed by atoms with Crippen molar-refractivity contribution in [2.24, 2.45) is 12.5 Å². The monoisotopic (exact) mass is 338 g/mol. The van der Waals surface area contributed by atoms with E-state index in [4.69, 9.17) is 9.84 Å². The molecule has 0 aromatic carbocycles. The van der Waals surface area contributed by atoms with Crippen molar-refractivity contribution < 1.29 is 9.84 Å². The maximum absolute atomic E-state index is 9.19. The molecule has 6 heteroatoms. The molecule has 0 amide bonds. The molecule has 2 N–H and O–H groups in total. The highest BCUT2D eigenvalue weighted by atomic mass is 16.5. The SMILES string of the molecule is CC(C)c1nn(C)c(N2CCOCC2)c1CNCC(C)(C)CCO. The highest BCUT2D eigenvalue weighted by molar-refractivity contribution is 5.51. The number of rotatable bonds is 8. The van der Waals surface area contributed by atoms with Crippen LogP contribution in [0.1, 0.15) is 51.3 Å². The summed E-state index contributed by atoms with van der Waals surface area (Å²) < 4.78 is 7.52. The van der Waals surface area contributed by atoms with E-state index < -0.39 is 0 Å². The van der Waals surface area contributed by atoms with E-state index in [-0.39, 0.29) is 12.0 Å². The number of anilines is 1. The Labute approximate surface area is 146 Å². The van der Waals surface area contributed by atoms with Crippen LogP contribution in [-0.2, 0) is 18.3 Å². The van der Waals surface area contributed by atoms with Gasteiger partial charge in [-0.15, -0.1) is 0 Å². The quantitative estimate of drug-likeness (QED) is 0.758. The van der Waals surface area contributed by atoms with Gasteiger partial charge in [-0.2, -0.15) is 5.10 Å². The molecule has 0 unspecified atom stereocenters. The van der Waals surface area contributed by atoms with Crippen molar-refractivity contribution in [2.75, 3.05) is 44.4 Å². The fourth-order valence-electron chi connectivity index (χ4n) is 3.30. The summed E-state index contributed by atoms with van der Waals surface area (Å²) >= 11 is 0. The summed E-state index contributed by atoms with van der Waals surface area (Å²) in [6, 6.07) is 0. The van der Waals surface area contributed by atoms with Gasteiger partial charge in [-0.3, -0.25) is 4.68 Å². The summed E-state index contributed by atoms with van der Waals surface area (Å²) in [5.41, 5.74) is 2.56. The third-order valence-electron chi connectivity index (χ3n) is 4.69. The molecule has 0 bridgehead atoms. The van der Waals surface area contributed by atoms with Crippen LogP contribution in [0.4, 0.5) is 5.82 Å². The average molecular weight is 338 g/mol. The van der Waals surface area contributed by atoms with Crippen LogP contribution in [-0.4, -0.2) is 54.3 Å². The predicted octanol–water partition coefficient (Wildman–Crippen LogP) is 1.88. The summed E-state index contributed by atoms with van der Waals surface area (Å²) in [4.78, 5) is 2.39. The lowest BCUT2D eigenvalue weighted by Crippen LogP contribution is -2.38. The van der Waals surface area contributed by atoms with E-state index >= 15 is 0 Å². The zero-order chi connectivity index (χ0) is 17.7. The molecule has 0 radical (unpaired) electrons. The second-order valence-corrected chi connectivity index (χ2v) is 7.81. The Hall–Kier alpha value is -1.11. The largest absolute Gasteiger partial charge is 0.396 e. The maximum Gasteiger partial charge on any atom is 0.131 e. The molecule has 6 nitrogen and oxygen atoms in total. The first-order valence-electron chi connectivity index (χ1n) is 9.06. The van der Waals surface area contributed by atoms with E-state index in [2.05, 4.69) is 37.9 Å². The van der Waals surface area contributed by atoms with Crippen LogP contribution in [0.25, 0.3) is 0 Å². The van der Waals surface area contributed by atoms with Crippen molar-refractivity contribution in [1.82, 2.24) is 15.1 Å². The van der Waals surface area contributed by atoms with Crippen molar-refractivity contribution in [2.45, 2.75) is 46.6 Å². The van der Waals surface area contributed by atoms with Gasteiger partial charge in [0, 0.05) is 45.4 Å². The molecule has 2 heterocycles. The minimum atomic E-state index is 0.0913. The third kappa shape index (κ3) is 4.71. The Balaban J connectivity index is 2.16. The lowest BCUT2D eigenvalue weighted by Gasteiger charge is -2.30. The molecule has 24 heavy (non-hydrogen) atoms. The van der Waals surface area contributed by atoms with Crippen molar-refractivity contribution in [3.8, 4) is 0 Å². The number of ether oxygens (including phenoxy) is 1. The molecule has 2 rings (SSSR count). The van der Waals surface area contributed by atoms with Gasteiger partial charge in [0.25, 0.3) is 0 Å². The van der Waals surface area contributed by atoms with Gasteiger partial charge in [-0.05, 0) is 17.8 Å². The van der Waals surface area contributed by atoms with Crippen LogP contribution in [0.5, 0.6) is 0 Å². The van der Waals surface area contributed by atoms with Crippen molar-refractivity contribution in [1.29, 1.82) is 0 Å². The molecule has 1 fully saturated rings. The summed E-state index contributed by atoms with van der Waals surface area (Å²) in [6.45, 7) is 14.1. The number of morpholine rings is 1. The standard InChI is InChI=1S/C18H34N4O2/c1-14(2)16-15(12-19-13-18(3,4)6-9-23)17(21(5)20-16)22-7-10-24-11-8-22/h14,19,23H,6-13H2,1-5H3. The molecule has 1 aliphatic heterocycles. The van der Waals surface area contributed by atoms with Crippen LogP contribution in [0.2, 0.25) is 0 Å². The third-order valence-corrected chi connectivity index (χ3v) is 4.69. The summed E-state index contributed by atoms with van der Waals surface area (Å²) in [5, 5.41) is 17.6. The number of aryl methyl sites for hydroxylation is 1. The van der Waals surface area contributed by atoms with Gasteiger partial charge in [-0.1, -0.05) is 27.7 Å². The molecule has 1 saturated heterocycles. The molecule has 138 valence electrons. The van der Waals surface area contributed by atoms with Gasteiger partial charge in [0.1, 0.15) is 5.82 Å². The van der Waals surface area contributed by atoms with Crippen LogP contribution in [0, 0.1) is 5.41 Å². The highest BCUT2D eigenvalue weighted by Crippen LogP contribution is 2.29. The van der Waals surface area contributed by atoms with Gasteiger partial charge in [0.15, 0.2) is 0 Å². The van der Waals surface area contributed by atoms with E-state index in [1.807, 2.05) is 11.7 Å². The Morgan fingerprint density at radius 3 is 2.54 bits per heavy atom. The Morgan fingerprint density at radius 1 is 1.29 bits per heavy atom. The van der Waals surface area contributed by atoms with Gasteiger partial charge in [-0.25, -0.2) is 0 Å². The second-order valence-electron chi connectivity index (χ2n) is 7.81. The smallest absolute Gasteiger partial charge is 0.131 e. The van der Waals surface area contributed by atoms with Crippen LogP contribution in [0.3, 0.4) is 0 Å². The van der Waals surface area contributed by atoms with Crippen molar-refractivity contribution in [3.05, 3.63) is 11.3 Å². The first-order valence-corrected chi connectivity index (χ1v) is 9.06. The van der Waals surface area contributed by atoms with E-state index in [0.29, 0.717) is 5.92 Å². The number of aromatic nitrogens is 2. The molecular formula is C18H34N4O2. The van der Waals surface area contributed by atoms with E-state index in [1.165, 1.54) is 17.1 Å². The molecular weight excluding hydrogens is 304 g/mol. The summed E-state index contributed by atoms with van der Waals surface area (Å²) in [7, 11) is 2.04. The van der Waals surface area contributed by atoms with E-state index in [0.717, 1.165) is 45.8 Å².